The maximum Gasteiger partial charge on any atom is 0.243 e. The van der Waals surface area contributed by atoms with Gasteiger partial charge in [-0.25, -0.2) is 8.42 Å². The molecule has 5 rings (SSSR count). The molecule has 3 heterocycles. The van der Waals surface area contributed by atoms with Crippen LogP contribution in [0.1, 0.15) is 50.3 Å². The van der Waals surface area contributed by atoms with Crippen molar-refractivity contribution in [2.45, 2.75) is 62.7 Å². The number of sulfonamides is 1. The van der Waals surface area contributed by atoms with E-state index in [1.807, 2.05) is 6.92 Å². The largest absolute Gasteiger partial charge is 0.485 e. The fourth-order valence-electron chi connectivity index (χ4n) is 4.66. The molecule has 0 bridgehead atoms. The Morgan fingerprint density at radius 3 is 2.65 bits per heavy atom. The summed E-state index contributed by atoms with van der Waals surface area (Å²) in [7, 11) is -3.66. The number of hydrogen-bond donors (Lipinski definition) is 2. The topological polar surface area (TPSA) is 105 Å². The fourth-order valence-corrected chi connectivity index (χ4v) is 6.38. The van der Waals surface area contributed by atoms with Gasteiger partial charge in [0.05, 0.1) is 16.3 Å². The van der Waals surface area contributed by atoms with Crippen LogP contribution in [0, 0.1) is 6.92 Å². The molecule has 2 aliphatic heterocycles. The summed E-state index contributed by atoms with van der Waals surface area (Å²) in [6, 6.07) is 7.70. The first-order valence-corrected chi connectivity index (χ1v) is 13.2. The minimum Gasteiger partial charge on any atom is -0.485 e. The maximum atomic E-state index is 13.3. The van der Waals surface area contributed by atoms with Crippen molar-refractivity contribution in [3.63, 3.8) is 0 Å². The third kappa shape index (κ3) is 3.94. The Bertz CT molecular complexity index is 1350. The molecule has 0 unspecified atom stereocenters. The quantitative estimate of drug-likeness (QED) is 0.531. The molecule has 2 atom stereocenters. The number of aliphatic hydroxyl groups is 1. The summed E-state index contributed by atoms with van der Waals surface area (Å²) in [6.07, 6.45) is 1.74. The number of rotatable bonds is 4. The zero-order chi connectivity index (χ0) is 24.3. The van der Waals surface area contributed by atoms with Crippen LogP contribution >= 0.6 is 11.6 Å². The van der Waals surface area contributed by atoms with E-state index in [0.717, 1.165) is 24.8 Å². The second-order valence-corrected chi connectivity index (χ2v) is 11.9. The van der Waals surface area contributed by atoms with Crippen LogP contribution in [-0.4, -0.2) is 47.8 Å². The van der Waals surface area contributed by atoms with E-state index in [0.29, 0.717) is 46.2 Å². The van der Waals surface area contributed by atoms with E-state index in [2.05, 4.69) is 10.5 Å². The lowest BCUT2D eigenvalue weighted by Crippen LogP contribution is -2.50. The third-order valence-electron chi connectivity index (χ3n) is 6.71. The Balaban J connectivity index is 1.57. The average Bonchev–Trinajstić information content (AvgIpc) is 3.18. The molecular weight excluding hydrogens is 478 g/mol. The minimum atomic E-state index is -3.66. The molecule has 2 N–H and O–H groups in total. The van der Waals surface area contributed by atoms with Crippen LogP contribution in [0.2, 0.25) is 5.02 Å². The van der Waals surface area contributed by atoms with Gasteiger partial charge in [0.1, 0.15) is 17.5 Å². The number of hydrogen-bond acceptors (Lipinski definition) is 7. The summed E-state index contributed by atoms with van der Waals surface area (Å²) in [5.41, 5.74) is 1.04. The molecule has 3 aromatic rings. The lowest BCUT2D eigenvalue weighted by molar-refractivity contribution is -0.0534. The van der Waals surface area contributed by atoms with Gasteiger partial charge >= 0.3 is 0 Å². The van der Waals surface area contributed by atoms with Crippen molar-refractivity contribution in [3.05, 3.63) is 46.5 Å². The summed E-state index contributed by atoms with van der Waals surface area (Å²) in [5, 5.41) is 19.9. The number of anilines is 1. The second kappa shape index (κ2) is 8.41. The fraction of sp³-hybridized carbons (Fsp3) is 0.458. The van der Waals surface area contributed by atoms with Crippen LogP contribution in [0.4, 0.5) is 5.82 Å². The Hall–Kier alpha value is -2.33. The standard InChI is InChI=1S/C24H28ClN3O5S/c1-14-11-20-17(13-18(14)25)23(27-33-20)26-21-16-12-15(34(30,31)28-9-5-4-6-10-28)7-8-19(16)32-24(2,3)22(21)29/h7-8,11-13,21-22,29H,4-6,9-10H2,1-3H3,(H,26,27)/t21-,22+/m1/s1. The zero-order valence-corrected chi connectivity index (χ0v) is 20.9. The Morgan fingerprint density at radius 1 is 1.18 bits per heavy atom. The number of piperidine rings is 1. The molecule has 2 aliphatic rings. The van der Waals surface area contributed by atoms with Gasteiger partial charge in [-0.2, -0.15) is 4.31 Å². The second-order valence-electron chi connectivity index (χ2n) is 9.57. The van der Waals surface area contributed by atoms with Crippen molar-refractivity contribution in [2.75, 3.05) is 18.4 Å². The molecular formula is C24H28ClN3O5S. The molecule has 10 heteroatoms. The molecule has 1 fully saturated rings. The van der Waals surface area contributed by atoms with Gasteiger partial charge in [-0.15, -0.1) is 0 Å². The van der Waals surface area contributed by atoms with Gasteiger partial charge in [-0.05, 0) is 69.5 Å². The zero-order valence-electron chi connectivity index (χ0n) is 19.3. The van der Waals surface area contributed by atoms with Crippen LogP contribution in [0.3, 0.4) is 0 Å². The lowest BCUT2D eigenvalue weighted by Gasteiger charge is -2.42. The SMILES string of the molecule is Cc1cc2onc(N[C@@H]3c4cc(S(=O)(=O)N5CCCCC5)ccc4OC(C)(C)[C@H]3O)c2cc1Cl. The van der Waals surface area contributed by atoms with E-state index in [1.54, 1.807) is 44.2 Å². The molecule has 0 saturated carbocycles. The first kappa shape index (κ1) is 23.4. The van der Waals surface area contributed by atoms with E-state index < -0.39 is 27.8 Å². The highest BCUT2D eigenvalue weighted by atomic mass is 35.5. The van der Waals surface area contributed by atoms with Gasteiger partial charge in [-0.3, -0.25) is 0 Å². The number of aliphatic hydroxyl groups excluding tert-OH is 1. The molecule has 1 aromatic heterocycles. The van der Waals surface area contributed by atoms with E-state index in [-0.39, 0.29) is 4.90 Å². The van der Waals surface area contributed by atoms with Gasteiger partial charge in [-0.1, -0.05) is 23.2 Å². The van der Waals surface area contributed by atoms with Gasteiger partial charge in [0, 0.05) is 23.7 Å². The molecule has 2 aromatic carbocycles. The first-order valence-electron chi connectivity index (χ1n) is 11.4. The Kier molecular flexibility index (Phi) is 5.79. The molecule has 34 heavy (non-hydrogen) atoms. The highest BCUT2D eigenvalue weighted by molar-refractivity contribution is 7.89. The number of nitrogens with zero attached hydrogens (tertiary/aromatic N) is 2. The van der Waals surface area contributed by atoms with Crippen LogP contribution in [0.5, 0.6) is 5.75 Å². The third-order valence-corrected chi connectivity index (χ3v) is 9.02. The van der Waals surface area contributed by atoms with Crippen molar-refractivity contribution in [1.29, 1.82) is 0 Å². The number of benzene rings is 2. The predicted molar refractivity (Wildman–Crippen MR) is 130 cm³/mol. The number of halogens is 1. The van der Waals surface area contributed by atoms with E-state index >= 15 is 0 Å². The van der Waals surface area contributed by atoms with E-state index in [4.69, 9.17) is 20.9 Å². The van der Waals surface area contributed by atoms with Crippen LogP contribution in [0.25, 0.3) is 11.0 Å². The Morgan fingerprint density at radius 2 is 1.91 bits per heavy atom. The maximum absolute atomic E-state index is 13.3. The van der Waals surface area contributed by atoms with Crippen LogP contribution in [-0.2, 0) is 10.0 Å². The van der Waals surface area contributed by atoms with E-state index in [9.17, 15) is 13.5 Å². The van der Waals surface area contributed by atoms with Gasteiger partial charge < -0.3 is 19.7 Å². The minimum absolute atomic E-state index is 0.180. The monoisotopic (exact) mass is 505 g/mol. The van der Waals surface area contributed by atoms with Crippen molar-refractivity contribution < 1.29 is 22.8 Å². The highest BCUT2D eigenvalue weighted by Gasteiger charge is 2.44. The molecule has 8 nitrogen and oxygen atoms in total. The number of nitrogens with one attached hydrogen (secondary N) is 1. The van der Waals surface area contributed by atoms with Gasteiger partial charge in [0.25, 0.3) is 0 Å². The smallest absolute Gasteiger partial charge is 0.243 e. The molecule has 1 saturated heterocycles. The van der Waals surface area contributed by atoms with Crippen molar-refractivity contribution in [2.24, 2.45) is 0 Å². The number of fused-ring (bicyclic) bond motifs is 2. The highest BCUT2D eigenvalue weighted by Crippen LogP contribution is 2.43. The molecule has 0 amide bonds. The first-order chi connectivity index (χ1) is 16.1. The van der Waals surface area contributed by atoms with Crippen LogP contribution in [0.15, 0.2) is 39.8 Å². The molecule has 0 spiro atoms. The number of aromatic nitrogens is 1. The van der Waals surface area contributed by atoms with Crippen molar-refractivity contribution in [3.8, 4) is 5.75 Å². The van der Waals surface area contributed by atoms with Crippen LogP contribution < -0.4 is 10.1 Å². The van der Waals surface area contributed by atoms with E-state index in [1.165, 1.54) is 4.31 Å². The van der Waals surface area contributed by atoms with Crippen molar-refractivity contribution in [1.82, 2.24) is 9.46 Å². The van der Waals surface area contributed by atoms with Gasteiger partial charge in [0.15, 0.2) is 11.4 Å². The number of ether oxygens (including phenoxy) is 1. The molecule has 0 radical (unpaired) electrons. The average molecular weight is 506 g/mol. The summed E-state index contributed by atoms with van der Waals surface area (Å²) < 4.78 is 39.7. The molecule has 182 valence electrons. The number of aryl methyl sites for hydroxylation is 1. The summed E-state index contributed by atoms with van der Waals surface area (Å²) in [4.78, 5) is 0.180. The predicted octanol–water partition coefficient (Wildman–Crippen LogP) is 4.65. The van der Waals surface area contributed by atoms with Gasteiger partial charge in [0.2, 0.25) is 10.0 Å². The summed E-state index contributed by atoms with van der Waals surface area (Å²) in [5.74, 6) is 0.918. The lowest BCUT2D eigenvalue weighted by atomic mass is 9.86. The summed E-state index contributed by atoms with van der Waals surface area (Å²) in [6.45, 7) is 6.48. The Labute approximate surface area is 203 Å². The normalized spacial score (nSPS) is 22.9. The molecule has 0 aliphatic carbocycles. The summed E-state index contributed by atoms with van der Waals surface area (Å²) >= 11 is 6.32. The van der Waals surface area contributed by atoms with Crippen molar-refractivity contribution >= 4 is 38.4 Å².